The SMILES string of the molecule is C.C.C.C.C.C.C.C.CCC1C(=O)OC(=O)C1CC.CCC1C2CC(C(=O)O)C(C2)C1CC.CCC1C2CC(C(=O)OC(C)(C)C)C(C2)C1CC.CCC1C2CC(C(=O)OCCO)C(C2)C1CC. The monoisotopic (exact) mass is 973 g/mol. The molecule has 1 heterocycles. The van der Waals surface area contributed by atoms with E-state index >= 15 is 0 Å². The lowest BCUT2D eigenvalue weighted by Gasteiger charge is -2.35. The fourth-order valence-corrected chi connectivity index (χ4v) is 14.5. The lowest BCUT2D eigenvalue weighted by Crippen LogP contribution is -2.36. The van der Waals surface area contributed by atoms with Crippen LogP contribution in [-0.2, 0) is 38.2 Å². The molecule has 17 unspecified atom stereocenters. The van der Waals surface area contributed by atoms with Gasteiger partial charge in [-0.1, -0.05) is 153 Å². The maximum absolute atomic E-state index is 12.3. The fourth-order valence-electron chi connectivity index (χ4n) is 14.5. The third kappa shape index (κ3) is 16.5. The maximum atomic E-state index is 12.3. The van der Waals surface area contributed by atoms with Crippen LogP contribution < -0.4 is 0 Å². The number of aliphatic hydroxyl groups excluding tert-OH is 1. The molecule has 6 saturated carbocycles. The summed E-state index contributed by atoms with van der Waals surface area (Å²) in [6.07, 6.45) is 15.5. The van der Waals surface area contributed by atoms with Gasteiger partial charge in [-0.25, -0.2) is 0 Å². The first-order valence-electron chi connectivity index (χ1n) is 24.5. The van der Waals surface area contributed by atoms with Gasteiger partial charge in [0.25, 0.3) is 0 Å². The third-order valence-corrected chi connectivity index (χ3v) is 16.7. The molecule has 7 rings (SSSR count). The molecular formula is C58H116O10. The van der Waals surface area contributed by atoms with E-state index in [4.69, 9.17) is 19.7 Å². The molecule has 6 bridgehead atoms. The predicted octanol–water partition coefficient (Wildman–Crippen LogP) is 15.3. The van der Waals surface area contributed by atoms with Crippen molar-refractivity contribution in [3.8, 4) is 0 Å². The normalized spacial score (nSPS) is 34.6. The van der Waals surface area contributed by atoms with Gasteiger partial charge in [0.1, 0.15) is 12.2 Å². The lowest BCUT2D eigenvalue weighted by molar-refractivity contribution is -0.163. The number of aliphatic carboxylic acids is 1. The van der Waals surface area contributed by atoms with Gasteiger partial charge in [0.05, 0.1) is 36.2 Å². The van der Waals surface area contributed by atoms with Gasteiger partial charge in [-0.05, 0) is 143 Å². The van der Waals surface area contributed by atoms with E-state index in [2.05, 4.69) is 46.3 Å². The van der Waals surface area contributed by atoms with E-state index in [-0.39, 0.29) is 132 Å². The molecular weight excluding hydrogens is 857 g/mol. The Hall–Kier alpha value is -2.49. The largest absolute Gasteiger partial charge is 0.481 e. The van der Waals surface area contributed by atoms with Crippen LogP contribution in [0.15, 0.2) is 0 Å². The molecule has 0 radical (unpaired) electrons. The van der Waals surface area contributed by atoms with E-state index < -0.39 is 5.97 Å². The third-order valence-electron chi connectivity index (χ3n) is 16.7. The molecule has 408 valence electrons. The van der Waals surface area contributed by atoms with E-state index in [1.165, 1.54) is 57.8 Å². The number of carboxylic acids is 1. The van der Waals surface area contributed by atoms with Crippen LogP contribution in [-0.4, -0.2) is 58.9 Å². The summed E-state index contributed by atoms with van der Waals surface area (Å²) in [6, 6.07) is 0. The van der Waals surface area contributed by atoms with Gasteiger partial charge in [-0.2, -0.15) is 0 Å². The quantitative estimate of drug-likeness (QED) is 0.104. The minimum atomic E-state index is -0.550. The Labute approximate surface area is 421 Å². The van der Waals surface area contributed by atoms with Crippen molar-refractivity contribution in [2.45, 2.75) is 231 Å². The number of aliphatic hydroxyl groups is 1. The van der Waals surface area contributed by atoms with Gasteiger partial charge in [0.15, 0.2) is 0 Å². The Bertz CT molecular complexity index is 1420. The highest BCUT2D eigenvalue weighted by Gasteiger charge is 2.56. The number of hydrogen-bond donors (Lipinski definition) is 2. The van der Waals surface area contributed by atoms with Crippen LogP contribution in [0.25, 0.3) is 0 Å². The van der Waals surface area contributed by atoms with Gasteiger partial charge in [0.2, 0.25) is 0 Å². The summed E-state index contributed by atoms with van der Waals surface area (Å²) < 4.78 is 15.2. The summed E-state index contributed by atoms with van der Waals surface area (Å²) in [7, 11) is 0. The summed E-state index contributed by atoms with van der Waals surface area (Å²) in [5.41, 5.74) is -0.342. The van der Waals surface area contributed by atoms with Crippen LogP contribution in [0.4, 0.5) is 0 Å². The second kappa shape index (κ2) is 33.2. The number of carbonyl (C=O) groups is 5. The van der Waals surface area contributed by atoms with E-state index in [0.29, 0.717) is 42.4 Å². The maximum Gasteiger partial charge on any atom is 0.317 e. The summed E-state index contributed by atoms with van der Waals surface area (Å²) in [5, 5.41) is 17.8. The zero-order valence-electron chi connectivity index (χ0n) is 39.3. The number of rotatable bonds is 13. The number of cyclic esters (lactones) is 2. The lowest BCUT2D eigenvalue weighted by atomic mass is 9.72. The van der Waals surface area contributed by atoms with E-state index in [1.54, 1.807) is 0 Å². The molecule has 0 aromatic rings. The van der Waals surface area contributed by atoms with Gasteiger partial charge < -0.3 is 24.4 Å². The molecule has 0 amide bonds. The van der Waals surface area contributed by atoms with E-state index in [1.807, 2.05) is 34.6 Å². The van der Waals surface area contributed by atoms with Crippen LogP contribution in [0.1, 0.15) is 225 Å². The smallest absolute Gasteiger partial charge is 0.317 e. The molecule has 68 heavy (non-hydrogen) atoms. The van der Waals surface area contributed by atoms with Gasteiger partial charge >= 0.3 is 29.8 Å². The van der Waals surface area contributed by atoms with Gasteiger partial charge in [0, 0.05) is 0 Å². The number of esters is 4. The predicted molar refractivity (Wildman–Crippen MR) is 286 cm³/mol. The molecule has 0 aromatic heterocycles. The van der Waals surface area contributed by atoms with Gasteiger partial charge in [-0.15, -0.1) is 0 Å². The van der Waals surface area contributed by atoms with E-state index in [9.17, 15) is 24.0 Å². The summed E-state index contributed by atoms with van der Waals surface area (Å²) >= 11 is 0. The Morgan fingerprint density at radius 3 is 1.09 bits per heavy atom. The molecule has 0 spiro atoms. The van der Waals surface area contributed by atoms with Crippen molar-refractivity contribution in [3.05, 3.63) is 0 Å². The second-order valence-corrected chi connectivity index (χ2v) is 20.5. The fraction of sp³-hybridized carbons (Fsp3) is 0.914. The average Bonchev–Trinajstić information content (AvgIpc) is 4.09. The standard InChI is InChI=1S/C16H28O2.C14H24O3.C12H20O2.C8H12O3.8CH4/c1-6-11-10-8-13(12(11)7-2)14(9-10)15(17)18-16(3,4)5;1-3-10-9-7-12(11(10)4-2)13(8-9)14(16)17-6-5-15;1-3-8-7-5-10(9(8)4-2)11(6-7)12(13)14;1-3-5-6(4-2)8(10)11-7(5)9;;;;;;;;/h10-14H,6-9H2,1-5H3;9-13,15H,3-8H2,1-2H3;7-11H,3-6H2,1-2H3,(H,13,14);5-6H,3-4H2,1-2H3;8*1H4. The van der Waals surface area contributed by atoms with Crippen molar-refractivity contribution in [3.63, 3.8) is 0 Å². The Morgan fingerprint density at radius 2 is 0.809 bits per heavy atom. The highest BCUT2D eigenvalue weighted by atomic mass is 16.6. The Morgan fingerprint density at radius 1 is 0.500 bits per heavy atom. The first-order valence-corrected chi connectivity index (χ1v) is 24.5. The highest BCUT2D eigenvalue weighted by molar-refractivity contribution is 5.96. The van der Waals surface area contributed by atoms with Gasteiger partial charge in [-0.3, -0.25) is 24.0 Å². The van der Waals surface area contributed by atoms with Crippen molar-refractivity contribution >= 4 is 29.8 Å². The number of hydrogen-bond acceptors (Lipinski definition) is 9. The molecule has 1 aliphatic heterocycles. The number of fused-ring (bicyclic) bond motifs is 6. The van der Waals surface area contributed by atoms with Crippen LogP contribution in [0.3, 0.4) is 0 Å². The summed E-state index contributed by atoms with van der Waals surface area (Å²) in [6.45, 7) is 23.3. The van der Waals surface area contributed by atoms with Crippen LogP contribution in [0.5, 0.6) is 0 Å². The molecule has 2 N–H and O–H groups in total. The van der Waals surface area contributed by atoms with Crippen LogP contribution in [0, 0.1) is 101 Å². The number of ether oxygens (including phenoxy) is 3. The van der Waals surface area contributed by atoms with Crippen LogP contribution in [0.2, 0.25) is 0 Å². The molecule has 17 atom stereocenters. The number of carbonyl (C=O) groups excluding carboxylic acids is 4. The van der Waals surface area contributed by atoms with Crippen molar-refractivity contribution in [2.24, 2.45) is 101 Å². The average molecular weight is 974 g/mol. The Balaban J connectivity index is -0.000000253. The minimum absolute atomic E-state index is 0. The first kappa shape index (κ1) is 74.5. The molecule has 7 fully saturated rings. The summed E-state index contributed by atoms with van der Waals surface area (Å²) in [4.78, 5) is 57.1. The van der Waals surface area contributed by atoms with Crippen molar-refractivity contribution < 1.29 is 48.4 Å². The zero-order chi connectivity index (χ0) is 44.6. The zero-order valence-corrected chi connectivity index (χ0v) is 39.3. The molecule has 6 aliphatic carbocycles. The molecule has 10 nitrogen and oxygen atoms in total. The summed E-state index contributed by atoms with van der Waals surface area (Å²) in [5.74, 6) is 7.19. The topological polar surface area (TPSA) is 154 Å². The minimum Gasteiger partial charge on any atom is -0.481 e. The second-order valence-electron chi connectivity index (χ2n) is 20.5. The number of carboxylic acid groups (broad SMARTS) is 1. The van der Waals surface area contributed by atoms with E-state index in [0.717, 1.165) is 60.7 Å². The first-order chi connectivity index (χ1) is 28.5. The molecule has 10 heteroatoms. The van der Waals surface area contributed by atoms with Crippen LogP contribution >= 0.6 is 0 Å². The Kier molecular flexibility index (Phi) is 36.4. The van der Waals surface area contributed by atoms with Crippen molar-refractivity contribution in [1.82, 2.24) is 0 Å². The van der Waals surface area contributed by atoms with Crippen molar-refractivity contribution in [2.75, 3.05) is 13.2 Å². The molecule has 0 aromatic carbocycles. The molecule has 1 saturated heterocycles. The highest BCUT2D eigenvalue weighted by Crippen LogP contribution is 2.59. The molecule has 7 aliphatic rings. The van der Waals surface area contributed by atoms with Crippen molar-refractivity contribution in [1.29, 1.82) is 0 Å².